The second-order valence-corrected chi connectivity index (χ2v) is 3.08. The van der Waals surface area contributed by atoms with Gasteiger partial charge in [-0.05, 0) is 24.1 Å². The fourth-order valence-corrected chi connectivity index (χ4v) is 1.25. The Morgan fingerprint density at radius 1 is 1.33 bits per heavy atom. The van der Waals surface area contributed by atoms with Gasteiger partial charge < -0.3 is 14.8 Å². The standard InChI is InChI=1S/C11H13NO3/c1-15-11-4-2-9(3-5-11)6-10(7-13)12-8-14/h2-5,7-8,10H,6H2,1H3,(H,12,14)/t10-/m0/s1. The highest BCUT2D eigenvalue weighted by atomic mass is 16.5. The van der Waals surface area contributed by atoms with Crippen LogP contribution in [0.2, 0.25) is 0 Å². The average molecular weight is 207 g/mol. The van der Waals surface area contributed by atoms with E-state index in [0.717, 1.165) is 17.6 Å². The molecule has 1 atom stereocenters. The lowest BCUT2D eigenvalue weighted by Crippen LogP contribution is -2.31. The van der Waals surface area contributed by atoms with Crippen LogP contribution in [0, 0.1) is 0 Å². The Morgan fingerprint density at radius 2 is 2.00 bits per heavy atom. The number of benzene rings is 1. The van der Waals surface area contributed by atoms with Gasteiger partial charge in [-0.2, -0.15) is 0 Å². The van der Waals surface area contributed by atoms with Crippen molar-refractivity contribution in [1.29, 1.82) is 0 Å². The van der Waals surface area contributed by atoms with E-state index in [1.807, 2.05) is 24.3 Å². The van der Waals surface area contributed by atoms with E-state index >= 15 is 0 Å². The fourth-order valence-electron chi connectivity index (χ4n) is 1.25. The van der Waals surface area contributed by atoms with Crippen LogP contribution in [-0.2, 0) is 16.0 Å². The maximum absolute atomic E-state index is 10.6. The molecule has 0 heterocycles. The molecule has 0 spiro atoms. The van der Waals surface area contributed by atoms with Crippen LogP contribution in [-0.4, -0.2) is 25.8 Å². The first-order valence-corrected chi connectivity index (χ1v) is 4.58. The monoisotopic (exact) mass is 207 g/mol. The Balaban J connectivity index is 2.62. The minimum atomic E-state index is -0.462. The highest BCUT2D eigenvalue weighted by Crippen LogP contribution is 2.12. The second-order valence-electron chi connectivity index (χ2n) is 3.08. The van der Waals surface area contributed by atoms with E-state index in [-0.39, 0.29) is 0 Å². The van der Waals surface area contributed by atoms with Gasteiger partial charge in [0.15, 0.2) is 0 Å². The summed E-state index contributed by atoms with van der Waals surface area (Å²) in [5.41, 5.74) is 0.974. The predicted octanol–water partition coefficient (Wildman–Crippen LogP) is 0.551. The molecule has 1 aromatic rings. The normalized spacial score (nSPS) is 11.5. The minimum absolute atomic E-state index is 0.462. The molecule has 4 heteroatoms. The molecule has 1 aromatic carbocycles. The lowest BCUT2D eigenvalue weighted by molar-refractivity contribution is -0.115. The summed E-state index contributed by atoms with van der Waals surface area (Å²) in [7, 11) is 1.59. The van der Waals surface area contributed by atoms with Crippen LogP contribution in [0.3, 0.4) is 0 Å². The summed E-state index contributed by atoms with van der Waals surface area (Å²) >= 11 is 0. The summed E-state index contributed by atoms with van der Waals surface area (Å²) in [6, 6.07) is 6.90. The smallest absolute Gasteiger partial charge is 0.207 e. The van der Waals surface area contributed by atoms with Crippen LogP contribution in [0.25, 0.3) is 0 Å². The molecule has 0 fully saturated rings. The number of methoxy groups -OCH3 is 1. The Labute approximate surface area is 88.2 Å². The lowest BCUT2D eigenvalue weighted by Gasteiger charge is -2.09. The van der Waals surface area contributed by atoms with E-state index in [1.165, 1.54) is 0 Å². The Bertz CT molecular complexity index is 321. The van der Waals surface area contributed by atoms with E-state index < -0.39 is 6.04 Å². The second kappa shape index (κ2) is 5.80. The van der Waals surface area contributed by atoms with Crippen LogP contribution in [0.15, 0.2) is 24.3 Å². The zero-order chi connectivity index (χ0) is 11.1. The zero-order valence-corrected chi connectivity index (χ0v) is 8.47. The molecule has 80 valence electrons. The largest absolute Gasteiger partial charge is 0.497 e. The van der Waals surface area contributed by atoms with Gasteiger partial charge >= 0.3 is 0 Å². The van der Waals surface area contributed by atoms with Crippen LogP contribution < -0.4 is 10.1 Å². The van der Waals surface area contributed by atoms with Gasteiger partial charge in [-0.3, -0.25) is 4.79 Å². The third-order valence-corrected chi connectivity index (χ3v) is 2.06. The first-order valence-electron chi connectivity index (χ1n) is 4.58. The van der Waals surface area contributed by atoms with Gasteiger partial charge in [0.2, 0.25) is 6.41 Å². The molecule has 0 radical (unpaired) electrons. The number of rotatable bonds is 6. The Kier molecular flexibility index (Phi) is 4.34. The number of ether oxygens (including phenoxy) is 1. The fraction of sp³-hybridized carbons (Fsp3) is 0.273. The Morgan fingerprint density at radius 3 is 2.47 bits per heavy atom. The van der Waals surface area contributed by atoms with Crippen molar-refractivity contribution in [2.75, 3.05) is 7.11 Å². The van der Waals surface area contributed by atoms with Crippen molar-refractivity contribution in [1.82, 2.24) is 5.32 Å². The van der Waals surface area contributed by atoms with Gasteiger partial charge in [0.25, 0.3) is 0 Å². The first kappa shape index (κ1) is 11.2. The number of carbonyl (C=O) groups is 2. The van der Waals surface area contributed by atoms with Crippen molar-refractivity contribution in [2.24, 2.45) is 0 Å². The van der Waals surface area contributed by atoms with Crippen LogP contribution in [0.5, 0.6) is 5.75 Å². The number of aldehydes is 1. The minimum Gasteiger partial charge on any atom is -0.497 e. The summed E-state index contributed by atoms with van der Waals surface area (Å²) in [6.07, 6.45) is 1.74. The summed E-state index contributed by atoms with van der Waals surface area (Å²) in [5.74, 6) is 0.768. The molecular formula is C11H13NO3. The van der Waals surface area contributed by atoms with Crippen LogP contribution >= 0.6 is 0 Å². The maximum Gasteiger partial charge on any atom is 0.207 e. The van der Waals surface area contributed by atoms with Crippen LogP contribution in [0.4, 0.5) is 0 Å². The molecule has 0 aromatic heterocycles. The maximum atomic E-state index is 10.6. The van der Waals surface area contributed by atoms with Crippen molar-refractivity contribution >= 4 is 12.7 Å². The predicted molar refractivity (Wildman–Crippen MR) is 55.7 cm³/mol. The van der Waals surface area contributed by atoms with E-state index in [0.29, 0.717) is 12.8 Å². The third kappa shape index (κ3) is 3.42. The van der Waals surface area contributed by atoms with E-state index in [9.17, 15) is 9.59 Å². The quantitative estimate of drug-likeness (QED) is 0.693. The van der Waals surface area contributed by atoms with E-state index in [1.54, 1.807) is 7.11 Å². The molecule has 0 saturated carbocycles. The molecule has 0 aliphatic heterocycles. The van der Waals surface area contributed by atoms with E-state index in [4.69, 9.17) is 4.74 Å². The van der Waals surface area contributed by atoms with Crippen molar-refractivity contribution < 1.29 is 14.3 Å². The van der Waals surface area contributed by atoms with Gasteiger partial charge in [-0.25, -0.2) is 0 Å². The molecule has 0 aliphatic rings. The molecule has 4 nitrogen and oxygen atoms in total. The molecule has 0 saturated heterocycles. The highest BCUT2D eigenvalue weighted by molar-refractivity contribution is 5.64. The van der Waals surface area contributed by atoms with Gasteiger partial charge in [0.05, 0.1) is 13.2 Å². The van der Waals surface area contributed by atoms with Crippen LogP contribution in [0.1, 0.15) is 5.56 Å². The number of nitrogens with one attached hydrogen (secondary N) is 1. The summed E-state index contributed by atoms with van der Waals surface area (Å²) in [6.45, 7) is 0. The average Bonchev–Trinajstić information content (AvgIpc) is 2.29. The summed E-state index contributed by atoms with van der Waals surface area (Å²) in [5, 5.41) is 2.43. The summed E-state index contributed by atoms with van der Waals surface area (Å²) < 4.78 is 5.01. The van der Waals surface area contributed by atoms with E-state index in [2.05, 4.69) is 5.32 Å². The molecule has 0 bridgehead atoms. The summed E-state index contributed by atoms with van der Waals surface area (Å²) in [4.78, 5) is 20.8. The Hall–Kier alpha value is -1.84. The topological polar surface area (TPSA) is 55.4 Å². The van der Waals surface area contributed by atoms with Gasteiger partial charge in [0.1, 0.15) is 12.0 Å². The first-order chi connectivity index (χ1) is 7.30. The molecule has 1 rings (SSSR count). The van der Waals surface area contributed by atoms with Gasteiger partial charge in [-0.15, -0.1) is 0 Å². The van der Waals surface area contributed by atoms with Gasteiger partial charge in [-0.1, -0.05) is 12.1 Å². The molecule has 1 amide bonds. The third-order valence-electron chi connectivity index (χ3n) is 2.06. The number of amides is 1. The van der Waals surface area contributed by atoms with Crippen molar-refractivity contribution in [3.05, 3.63) is 29.8 Å². The highest BCUT2D eigenvalue weighted by Gasteiger charge is 2.06. The molecule has 1 N–H and O–H groups in total. The number of carbonyl (C=O) groups excluding carboxylic acids is 2. The van der Waals surface area contributed by atoms with Gasteiger partial charge in [0, 0.05) is 0 Å². The SMILES string of the molecule is COc1ccc(C[C@@H](C=O)NC=O)cc1. The molecular weight excluding hydrogens is 194 g/mol. The molecule has 15 heavy (non-hydrogen) atoms. The number of hydrogen-bond donors (Lipinski definition) is 1. The van der Waals surface area contributed by atoms with Crippen molar-refractivity contribution in [3.8, 4) is 5.75 Å². The zero-order valence-electron chi connectivity index (χ0n) is 8.47. The van der Waals surface area contributed by atoms with Crippen molar-refractivity contribution in [3.63, 3.8) is 0 Å². The molecule has 0 unspecified atom stereocenters. The van der Waals surface area contributed by atoms with Crippen molar-refractivity contribution in [2.45, 2.75) is 12.5 Å². The molecule has 0 aliphatic carbocycles. The lowest BCUT2D eigenvalue weighted by atomic mass is 10.1. The number of hydrogen-bond acceptors (Lipinski definition) is 3.